The van der Waals surface area contributed by atoms with Crippen molar-refractivity contribution in [1.29, 1.82) is 0 Å². The van der Waals surface area contributed by atoms with E-state index >= 15 is 0 Å². The van der Waals surface area contributed by atoms with Gasteiger partial charge in [-0.25, -0.2) is 4.79 Å². The van der Waals surface area contributed by atoms with Crippen LogP contribution in [0.5, 0.6) is 5.75 Å². The van der Waals surface area contributed by atoms with Crippen LogP contribution >= 0.6 is 12.4 Å². The second-order valence-corrected chi connectivity index (χ2v) is 5.67. The summed E-state index contributed by atoms with van der Waals surface area (Å²) < 4.78 is 11.1. The molecule has 0 bridgehead atoms. The minimum absolute atomic E-state index is 0. The molecule has 3 rings (SSSR count). The fraction of sp³-hybridized carbons (Fsp3) is 0.278. The Bertz CT molecular complexity index is 902. The predicted octanol–water partition coefficient (Wildman–Crippen LogP) is 4.00. The highest BCUT2D eigenvalue weighted by Gasteiger charge is 2.16. The van der Waals surface area contributed by atoms with Crippen LogP contribution in [0.3, 0.4) is 0 Å². The molecule has 0 aliphatic rings. The van der Waals surface area contributed by atoms with E-state index in [4.69, 9.17) is 9.15 Å². The number of methoxy groups -OCH3 is 1. The van der Waals surface area contributed by atoms with E-state index in [0.29, 0.717) is 11.0 Å². The first-order valence-corrected chi connectivity index (χ1v) is 7.23. The molecule has 1 atom stereocenters. The number of hydrogen-bond donors (Lipinski definition) is 0. The topological polar surface area (TPSA) is 42.7 Å². The molecule has 4 nitrogen and oxygen atoms in total. The Hall–Kier alpha value is -2.04. The molecule has 0 aliphatic carbocycles. The molecule has 23 heavy (non-hydrogen) atoms. The van der Waals surface area contributed by atoms with Gasteiger partial charge in [0.2, 0.25) is 0 Å². The van der Waals surface area contributed by atoms with Crippen LogP contribution in [0.4, 0.5) is 0 Å². The Kier molecular flexibility index (Phi) is 4.97. The third-order valence-electron chi connectivity index (χ3n) is 4.18. The molecule has 0 saturated carbocycles. The van der Waals surface area contributed by atoms with Gasteiger partial charge in [-0.3, -0.25) is 0 Å². The van der Waals surface area contributed by atoms with Crippen LogP contribution in [0.15, 0.2) is 45.6 Å². The first-order valence-electron chi connectivity index (χ1n) is 7.23. The lowest BCUT2D eigenvalue weighted by molar-refractivity contribution is 0.320. The lowest BCUT2D eigenvalue weighted by atomic mass is 10.0. The molecule has 0 fully saturated rings. The second-order valence-electron chi connectivity index (χ2n) is 5.67. The average molecular weight is 334 g/mol. The summed E-state index contributed by atoms with van der Waals surface area (Å²) in [4.78, 5) is 14.3. The maximum atomic E-state index is 12.2. The summed E-state index contributed by atoms with van der Waals surface area (Å²) in [5.41, 5.74) is 1.29. The van der Waals surface area contributed by atoms with Gasteiger partial charge < -0.3 is 14.1 Å². The maximum absolute atomic E-state index is 12.2. The van der Waals surface area contributed by atoms with Crippen molar-refractivity contribution < 1.29 is 9.15 Å². The summed E-state index contributed by atoms with van der Waals surface area (Å²) >= 11 is 0. The predicted molar refractivity (Wildman–Crippen MR) is 95.9 cm³/mol. The van der Waals surface area contributed by atoms with Crippen LogP contribution in [0, 0.1) is 0 Å². The highest BCUT2D eigenvalue weighted by Crippen LogP contribution is 2.34. The van der Waals surface area contributed by atoms with E-state index in [1.165, 1.54) is 0 Å². The van der Waals surface area contributed by atoms with Gasteiger partial charge in [0.05, 0.1) is 17.9 Å². The highest BCUT2D eigenvalue weighted by atomic mass is 35.5. The smallest absolute Gasteiger partial charge is 0.344 e. The molecule has 1 aromatic heterocycles. The van der Waals surface area contributed by atoms with Gasteiger partial charge in [0.15, 0.2) is 0 Å². The lowest BCUT2D eigenvalue weighted by Crippen LogP contribution is -2.16. The summed E-state index contributed by atoms with van der Waals surface area (Å²) in [5, 5.41) is 2.27. The first-order chi connectivity index (χ1) is 10.5. The molecule has 2 aromatic carbocycles. The summed E-state index contributed by atoms with van der Waals surface area (Å²) in [5.74, 6) is 0.723. The van der Waals surface area contributed by atoms with Gasteiger partial charge in [-0.15, -0.1) is 12.4 Å². The molecule has 122 valence electrons. The standard InChI is InChI=1S/C18H19NO3.ClH/c1-11(19(2)3)12-9-15(21-4)17-13-7-5-6-8-14(13)18(20)22-16(17)10-12;/h5-11H,1-4H3;1H. The number of fused-ring (bicyclic) bond motifs is 3. The summed E-state index contributed by atoms with van der Waals surface area (Å²) in [6.07, 6.45) is 0. The lowest BCUT2D eigenvalue weighted by Gasteiger charge is -2.21. The number of benzene rings is 2. The monoisotopic (exact) mass is 333 g/mol. The van der Waals surface area contributed by atoms with Crippen LogP contribution < -0.4 is 10.4 Å². The summed E-state index contributed by atoms with van der Waals surface area (Å²) in [6.45, 7) is 2.10. The molecule has 0 amide bonds. The van der Waals surface area contributed by atoms with Crippen molar-refractivity contribution in [2.24, 2.45) is 0 Å². The molecule has 3 aromatic rings. The second kappa shape index (κ2) is 6.60. The van der Waals surface area contributed by atoms with E-state index in [0.717, 1.165) is 22.1 Å². The van der Waals surface area contributed by atoms with Crippen LogP contribution in [-0.2, 0) is 0 Å². The van der Waals surface area contributed by atoms with Gasteiger partial charge in [0, 0.05) is 11.4 Å². The van der Waals surface area contributed by atoms with E-state index in [2.05, 4.69) is 11.8 Å². The fourth-order valence-electron chi connectivity index (χ4n) is 2.69. The molecule has 0 saturated heterocycles. The van der Waals surface area contributed by atoms with Crippen molar-refractivity contribution in [3.8, 4) is 5.75 Å². The minimum atomic E-state index is -0.320. The number of halogens is 1. The van der Waals surface area contributed by atoms with E-state index in [1.54, 1.807) is 13.2 Å². The van der Waals surface area contributed by atoms with Crippen molar-refractivity contribution in [2.75, 3.05) is 21.2 Å². The molecule has 1 heterocycles. The van der Waals surface area contributed by atoms with Crippen LogP contribution in [0.25, 0.3) is 21.7 Å². The molecule has 1 unspecified atom stereocenters. The van der Waals surface area contributed by atoms with E-state index < -0.39 is 0 Å². The van der Waals surface area contributed by atoms with Gasteiger partial charge in [0.1, 0.15) is 11.3 Å². The van der Waals surface area contributed by atoms with Crippen molar-refractivity contribution in [3.63, 3.8) is 0 Å². The van der Waals surface area contributed by atoms with Gasteiger partial charge in [-0.05, 0) is 44.8 Å². The molecular formula is C18H20ClNO3. The zero-order valence-corrected chi connectivity index (χ0v) is 14.4. The Morgan fingerprint density at radius 1 is 1.13 bits per heavy atom. The van der Waals surface area contributed by atoms with E-state index in [-0.39, 0.29) is 24.1 Å². The number of rotatable bonds is 3. The minimum Gasteiger partial charge on any atom is -0.496 e. The van der Waals surface area contributed by atoms with E-state index in [9.17, 15) is 4.79 Å². The van der Waals surface area contributed by atoms with E-state index in [1.807, 2.05) is 44.4 Å². The number of nitrogens with zero attached hydrogens (tertiary/aromatic N) is 1. The molecule has 0 spiro atoms. The highest BCUT2D eigenvalue weighted by molar-refractivity contribution is 6.07. The van der Waals surface area contributed by atoms with Crippen LogP contribution in [0.1, 0.15) is 18.5 Å². The Balaban J connectivity index is 0.00000192. The quantitative estimate of drug-likeness (QED) is 0.536. The van der Waals surface area contributed by atoms with Gasteiger partial charge in [0.25, 0.3) is 0 Å². The number of ether oxygens (including phenoxy) is 1. The molecule has 0 aliphatic heterocycles. The normalized spacial score (nSPS) is 12.4. The largest absolute Gasteiger partial charge is 0.496 e. The summed E-state index contributed by atoms with van der Waals surface area (Å²) in [7, 11) is 5.66. The Morgan fingerprint density at radius 2 is 1.78 bits per heavy atom. The van der Waals surface area contributed by atoms with Crippen molar-refractivity contribution in [2.45, 2.75) is 13.0 Å². The molecule has 0 N–H and O–H groups in total. The third-order valence-corrected chi connectivity index (χ3v) is 4.18. The molecular weight excluding hydrogens is 314 g/mol. The Labute approximate surface area is 141 Å². The first kappa shape index (κ1) is 17.3. The van der Waals surface area contributed by atoms with Gasteiger partial charge >= 0.3 is 5.63 Å². The number of hydrogen-bond acceptors (Lipinski definition) is 4. The van der Waals surface area contributed by atoms with Gasteiger partial charge in [-0.1, -0.05) is 18.2 Å². The Morgan fingerprint density at radius 3 is 2.39 bits per heavy atom. The molecule has 0 radical (unpaired) electrons. The third kappa shape index (κ3) is 2.92. The fourth-order valence-corrected chi connectivity index (χ4v) is 2.69. The van der Waals surface area contributed by atoms with Crippen LogP contribution in [-0.4, -0.2) is 26.1 Å². The average Bonchev–Trinajstić information content (AvgIpc) is 2.53. The zero-order chi connectivity index (χ0) is 15.9. The molecule has 5 heteroatoms. The zero-order valence-electron chi connectivity index (χ0n) is 13.6. The SMILES string of the molecule is COc1cc(C(C)N(C)C)cc2oc(=O)c3ccccc3c12.Cl. The van der Waals surface area contributed by atoms with Crippen molar-refractivity contribution in [3.05, 3.63) is 52.4 Å². The maximum Gasteiger partial charge on any atom is 0.344 e. The summed E-state index contributed by atoms with van der Waals surface area (Å²) in [6, 6.07) is 11.6. The van der Waals surface area contributed by atoms with Crippen LogP contribution in [0.2, 0.25) is 0 Å². The van der Waals surface area contributed by atoms with Gasteiger partial charge in [-0.2, -0.15) is 0 Å². The van der Waals surface area contributed by atoms with Crippen molar-refractivity contribution in [1.82, 2.24) is 4.90 Å². The van der Waals surface area contributed by atoms with Crippen molar-refractivity contribution >= 4 is 34.1 Å².